The zero-order valence-electron chi connectivity index (χ0n) is 17.3. The predicted octanol–water partition coefficient (Wildman–Crippen LogP) is 5.93. The summed E-state index contributed by atoms with van der Waals surface area (Å²) in [6, 6.07) is 15.6. The highest BCUT2D eigenvalue weighted by Crippen LogP contribution is 2.71. The quantitative estimate of drug-likeness (QED) is 0.387. The van der Waals surface area contributed by atoms with E-state index in [2.05, 4.69) is 19.9 Å². The van der Waals surface area contributed by atoms with Crippen LogP contribution in [-0.4, -0.2) is 5.97 Å². The second kappa shape index (κ2) is 7.11. The van der Waals surface area contributed by atoms with E-state index in [1.807, 2.05) is 56.3 Å². The number of ether oxygens (including phenoxy) is 1. The Morgan fingerprint density at radius 3 is 2.52 bits per heavy atom. The molecule has 2 aromatic heterocycles. The lowest BCUT2D eigenvalue weighted by atomic mass is 9.91. The van der Waals surface area contributed by atoms with Crippen LogP contribution in [0.4, 0.5) is 0 Å². The Labute approximate surface area is 171 Å². The molecule has 0 saturated heterocycles. The van der Waals surface area contributed by atoms with Crippen molar-refractivity contribution in [3.8, 4) is 5.75 Å². The van der Waals surface area contributed by atoms with Gasteiger partial charge in [0.05, 0.1) is 17.6 Å². The molecule has 0 radical (unpaired) electrons. The monoisotopic (exact) mass is 390 g/mol. The lowest BCUT2D eigenvalue weighted by Crippen LogP contribution is -2.17. The van der Waals surface area contributed by atoms with E-state index in [1.54, 1.807) is 12.3 Å². The van der Waals surface area contributed by atoms with E-state index < -0.39 is 5.41 Å². The minimum atomic E-state index is -0.497. The Kier molecular flexibility index (Phi) is 4.73. The first kappa shape index (κ1) is 19.3. The minimum Gasteiger partial charge on any atom is -0.468 e. The van der Waals surface area contributed by atoms with Crippen LogP contribution in [0.15, 0.2) is 81.5 Å². The van der Waals surface area contributed by atoms with Crippen molar-refractivity contribution in [2.45, 2.75) is 39.5 Å². The van der Waals surface area contributed by atoms with Crippen LogP contribution in [-0.2, 0) is 16.6 Å². The van der Waals surface area contributed by atoms with Crippen molar-refractivity contribution in [3.63, 3.8) is 0 Å². The van der Waals surface area contributed by atoms with E-state index >= 15 is 0 Å². The summed E-state index contributed by atoms with van der Waals surface area (Å²) in [6.07, 6.45) is 5.94. The van der Waals surface area contributed by atoms with Crippen molar-refractivity contribution < 1.29 is 18.4 Å². The topological polar surface area (TPSA) is 52.6 Å². The molecule has 4 heteroatoms. The van der Waals surface area contributed by atoms with Gasteiger partial charge in [0.25, 0.3) is 0 Å². The van der Waals surface area contributed by atoms with Crippen LogP contribution in [0.1, 0.15) is 44.8 Å². The van der Waals surface area contributed by atoms with Gasteiger partial charge in [0, 0.05) is 12.5 Å². The van der Waals surface area contributed by atoms with Crippen molar-refractivity contribution in [1.29, 1.82) is 0 Å². The Balaban J connectivity index is 1.54. The van der Waals surface area contributed by atoms with Crippen molar-refractivity contribution in [3.05, 3.63) is 89.8 Å². The van der Waals surface area contributed by atoms with Crippen LogP contribution in [0.25, 0.3) is 0 Å². The highest BCUT2D eigenvalue weighted by molar-refractivity contribution is 5.84. The van der Waals surface area contributed by atoms with Gasteiger partial charge in [0.1, 0.15) is 17.8 Å². The van der Waals surface area contributed by atoms with Crippen LogP contribution < -0.4 is 4.74 Å². The van der Waals surface area contributed by atoms with Gasteiger partial charge in [-0.3, -0.25) is 4.79 Å². The molecule has 29 heavy (non-hydrogen) atoms. The fourth-order valence-corrected chi connectivity index (χ4v) is 4.53. The lowest BCUT2D eigenvalue weighted by molar-refractivity contribution is -0.136. The Morgan fingerprint density at radius 1 is 1.10 bits per heavy atom. The Morgan fingerprint density at radius 2 is 1.86 bits per heavy atom. The largest absolute Gasteiger partial charge is 0.468 e. The third-order valence-electron chi connectivity index (χ3n) is 5.91. The molecule has 1 aliphatic rings. The first-order chi connectivity index (χ1) is 13.8. The number of esters is 1. The maximum atomic E-state index is 13.1. The van der Waals surface area contributed by atoms with Crippen LogP contribution in [0, 0.1) is 11.3 Å². The van der Waals surface area contributed by atoms with Crippen molar-refractivity contribution >= 4 is 5.97 Å². The summed E-state index contributed by atoms with van der Waals surface area (Å²) in [5.41, 5.74) is 1.47. The molecule has 0 aliphatic heterocycles. The molecule has 0 spiro atoms. The molecule has 4 rings (SSSR count). The summed E-state index contributed by atoms with van der Waals surface area (Å²) in [5, 5.41) is 0. The van der Waals surface area contributed by atoms with Gasteiger partial charge in [0.15, 0.2) is 5.75 Å². The number of hydrogen-bond acceptors (Lipinski definition) is 4. The third kappa shape index (κ3) is 3.33. The third-order valence-corrected chi connectivity index (χ3v) is 5.91. The summed E-state index contributed by atoms with van der Waals surface area (Å²) in [7, 11) is 0. The number of carbonyl (C=O) groups excluding carboxylic acids is 1. The second-order valence-electron chi connectivity index (χ2n) is 8.55. The highest BCUT2D eigenvalue weighted by Gasteiger charge is 2.76. The minimum absolute atomic E-state index is 0.268. The maximum Gasteiger partial charge on any atom is 0.316 e. The number of carbonyl (C=O) groups is 1. The Hall–Kier alpha value is -3.01. The zero-order chi connectivity index (χ0) is 20.6. The van der Waals surface area contributed by atoms with Gasteiger partial charge in [0.2, 0.25) is 0 Å². The van der Waals surface area contributed by atoms with E-state index in [0.29, 0.717) is 12.2 Å². The first-order valence-electron chi connectivity index (χ1n) is 9.87. The van der Waals surface area contributed by atoms with E-state index in [9.17, 15) is 4.79 Å². The average Bonchev–Trinajstić information content (AvgIpc) is 3.14. The van der Waals surface area contributed by atoms with Gasteiger partial charge in [-0.15, -0.1) is 0 Å². The highest BCUT2D eigenvalue weighted by atomic mass is 16.5. The molecule has 3 aromatic rings. The van der Waals surface area contributed by atoms with Crippen LogP contribution in [0.3, 0.4) is 0 Å². The number of allylic oxidation sites excluding steroid dienone is 2. The van der Waals surface area contributed by atoms with Crippen LogP contribution in [0.5, 0.6) is 5.75 Å². The standard InChI is InChI=1S/C25H26O4/c1-17(2)15-25(21-11-8-12-27-21)22(24(25,3)4)23(26)29-20-14-19(28-16-20)13-18-9-6-5-7-10-18/h5-12,14-16,22H,13H2,1-4H3. The van der Waals surface area contributed by atoms with Gasteiger partial charge in [-0.25, -0.2) is 0 Å². The van der Waals surface area contributed by atoms with Crippen LogP contribution in [0.2, 0.25) is 0 Å². The smallest absolute Gasteiger partial charge is 0.316 e. The van der Waals surface area contributed by atoms with E-state index in [1.165, 1.54) is 6.26 Å². The molecule has 1 fully saturated rings. The molecule has 4 nitrogen and oxygen atoms in total. The molecule has 2 atom stereocenters. The molecule has 0 amide bonds. The lowest BCUT2D eigenvalue weighted by Gasteiger charge is -2.14. The fourth-order valence-electron chi connectivity index (χ4n) is 4.53. The number of furan rings is 2. The fraction of sp³-hybridized carbons (Fsp3) is 0.320. The molecule has 1 aliphatic carbocycles. The van der Waals surface area contributed by atoms with Gasteiger partial charge in [-0.05, 0) is 37.0 Å². The van der Waals surface area contributed by atoms with Crippen molar-refractivity contribution in [2.75, 3.05) is 0 Å². The van der Waals surface area contributed by atoms with E-state index in [4.69, 9.17) is 13.6 Å². The molecule has 1 aromatic carbocycles. The normalized spacial score (nSPS) is 22.1. The first-order valence-corrected chi connectivity index (χ1v) is 9.87. The summed E-state index contributed by atoms with van der Waals surface area (Å²) in [5.74, 6) is 1.40. The average molecular weight is 390 g/mol. The molecule has 150 valence electrons. The molecule has 0 N–H and O–H groups in total. The zero-order valence-corrected chi connectivity index (χ0v) is 17.3. The Bertz CT molecular complexity index is 1020. The summed E-state index contributed by atoms with van der Waals surface area (Å²) < 4.78 is 17.1. The SMILES string of the molecule is CC(C)=CC1(c2ccco2)C(C(=O)Oc2coc(Cc3ccccc3)c2)C1(C)C. The molecule has 1 saturated carbocycles. The van der Waals surface area contributed by atoms with E-state index in [-0.39, 0.29) is 17.3 Å². The summed E-state index contributed by atoms with van der Waals surface area (Å²) in [6.45, 7) is 8.23. The molecule has 0 bridgehead atoms. The van der Waals surface area contributed by atoms with Gasteiger partial charge < -0.3 is 13.6 Å². The summed E-state index contributed by atoms with van der Waals surface area (Å²) >= 11 is 0. The predicted molar refractivity (Wildman–Crippen MR) is 111 cm³/mol. The number of hydrogen-bond donors (Lipinski definition) is 0. The number of rotatable bonds is 6. The van der Waals surface area contributed by atoms with E-state index in [0.717, 1.165) is 22.7 Å². The van der Waals surface area contributed by atoms with Crippen LogP contribution >= 0.6 is 0 Å². The molecular formula is C25H26O4. The molecule has 2 unspecified atom stereocenters. The van der Waals surface area contributed by atoms with Crippen molar-refractivity contribution in [2.24, 2.45) is 11.3 Å². The maximum absolute atomic E-state index is 13.1. The molecular weight excluding hydrogens is 364 g/mol. The summed E-state index contributed by atoms with van der Waals surface area (Å²) in [4.78, 5) is 13.1. The number of benzene rings is 1. The second-order valence-corrected chi connectivity index (χ2v) is 8.55. The van der Waals surface area contributed by atoms with Gasteiger partial charge in [-0.2, -0.15) is 0 Å². The molecule has 2 heterocycles. The van der Waals surface area contributed by atoms with Gasteiger partial charge >= 0.3 is 5.97 Å². The van der Waals surface area contributed by atoms with Gasteiger partial charge in [-0.1, -0.05) is 55.8 Å². The van der Waals surface area contributed by atoms with Crippen molar-refractivity contribution in [1.82, 2.24) is 0 Å².